The van der Waals surface area contributed by atoms with Gasteiger partial charge in [0.2, 0.25) is 5.91 Å². The van der Waals surface area contributed by atoms with E-state index in [0.29, 0.717) is 29.9 Å². The molecule has 6 nitrogen and oxygen atoms in total. The number of imide groups is 1. The van der Waals surface area contributed by atoms with Crippen molar-refractivity contribution in [2.75, 3.05) is 36.0 Å². The van der Waals surface area contributed by atoms with Crippen LogP contribution in [0.25, 0.3) is 0 Å². The van der Waals surface area contributed by atoms with Gasteiger partial charge in [-0.05, 0) is 36.4 Å². The zero-order chi connectivity index (χ0) is 19.8. The van der Waals surface area contributed by atoms with Gasteiger partial charge in [-0.2, -0.15) is 0 Å². The van der Waals surface area contributed by atoms with E-state index in [1.54, 1.807) is 24.3 Å². The van der Waals surface area contributed by atoms with E-state index < -0.39 is 0 Å². The van der Waals surface area contributed by atoms with Crippen LogP contribution in [0.4, 0.5) is 11.4 Å². The molecule has 0 unspecified atom stereocenters. The molecule has 4 rings (SSSR count). The van der Waals surface area contributed by atoms with Crippen molar-refractivity contribution in [3.63, 3.8) is 0 Å². The summed E-state index contributed by atoms with van der Waals surface area (Å²) in [7, 11) is 0. The number of anilines is 2. The van der Waals surface area contributed by atoms with Crippen LogP contribution in [0.1, 0.15) is 34.6 Å². The molecule has 2 aliphatic rings. The lowest BCUT2D eigenvalue weighted by Crippen LogP contribution is -2.49. The summed E-state index contributed by atoms with van der Waals surface area (Å²) in [6, 6.07) is 14.4. The van der Waals surface area contributed by atoms with Crippen LogP contribution in [0.2, 0.25) is 0 Å². The Morgan fingerprint density at radius 3 is 1.79 bits per heavy atom. The molecule has 6 heteroatoms. The fourth-order valence-electron chi connectivity index (χ4n) is 3.79. The highest BCUT2D eigenvalue weighted by Crippen LogP contribution is 2.30. The predicted molar refractivity (Wildman–Crippen MR) is 108 cm³/mol. The van der Waals surface area contributed by atoms with E-state index in [4.69, 9.17) is 0 Å². The summed E-state index contributed by atoms with van der Waals surface area (Å²) in [5.41, 5.74) is 2.49. The van der Waals surface area contributed by atoms with Crippen molar-refractivity contribution < 1.29 is 14.4 Å². The Morgan fingerprint density at radius 2 is 1.29 bits per heavy atom. The molecule has 2 aromatic carbocycles. The second-order valence-corrected chi connectivity index (χ2v) is 7.47. The van der Waals surface area contributed by atoms with Crippen LogP contribution >= 0.6 is 0 Å². The van der Waals surface area contributed by atoms with Crippen molar-refractivity contribution in [1.29, 1.82) is 0 Å². The average Bonchev–Trinajstić information content (AvgIpc) is 2.98. The van der Waals surface area contributed by atoms with Gasteiger partial charge in [0.05, 0.1) is 16.8 Å². The second kappa shape index (κ2) is 7.11. The maximum absolute atomic E-state index is 12.6. The van der Waals surface area contributed by atoms with Crippen molar-refractivity contribution in [2.45, 2.75) is 13.8 Å². The largest absolute Gasteiger partial charge is 0.368 e. The monoisotopic (exact) mass is 377 g/mol. The van der Waals surface area contributed by atoms with Crippen molar-refractivity contribution in [3.8, 4) is 0 Å². The van der Waals surface area contributed by atoms with Crippen LogP contribution < -0.4 is 9.80 Å². The third-order valence-corrected chi connectivity index (χ3v) is 5.35. The Hall–Kier alpha value is -3.15. The topological polar surface area (TPSA) is 60.9 Å². The fourth-order valence-corrected chi connectivity index (χ4v) is 3.79. The third kappa shape index (κ3) is 3.05. The van der Waals surface area contributed by atoms with Gasteiger partial charge in [0.1, 0.15) is 0 Å². The Labute approximate surface area is 164 Å². The lowest BCUT2D eigenvalue weighted by Gasteiger charge is -2.37. The van der Waals surface area contributed by atoms with Gasteiger partial charge >= 0.3 is 0 Å². The third-order valence-electron chi connectivity index (χ3n) is 5.35. The molecule has 0 bridgehead atoms. The molecule has 3 amide bonds. The molecule has 144 valence electrons. The summed E-state index contributed by atoms with van der Waals surface area (Å²) in [4.78, 5) is 42.7. The Kier molecular flexibility index (Phi) is 4.63. The van der Waals surface area contributed by atoms with E-state index in [0.717, 1.165) is 18.8 Å². The summed E-state index contributed by atoms with van der Waals surface area (Å²) in [5.74, 6) is -0.352. The van der Waals surface area contributed by atoms with E-state index in [-0.39, 0.29) is 23.6 Å². The van der Waals surface area contributed by atoms with E-state index >= 15 is 0 Å². The molecule has 2 aromatic rings. The number of amides is 3. The number of carbonyl (C=O) groups excluding carboxylic acids is 3. The van der Waals surface area contributed by atoms with Crippen LogP contribution in [0.5, 0.6) is 0 Å². The smallest absolute Gasteiger partial charge is 0.266 e. The van der Waals surface area contributed by atoms with Crippen molar-refractivity contribution >= 4 is 29.1 Å². The molecule has 1 saturated heterocycles. The first-order valence-electron chi connectivity index (χ1n) is 9.59. The first kappa shape index (κ1) is 18.2. The number of benzene rings is 2. The van der Waals surface area contributed by atoms with Crippen molar-refractivity contribution in [2.24, 2.45) is 5.92 Å². The maximum atomic E-state index is 12.6. The minimum absolute atomic E-state index is 0.0190. The van der Waals surface area contributed by atoms with E-state index in [9.17, 15) is 14.4 Å². The van der Waals surface area contributed by atoms with Crippen LogP contribution in [0.3, 0.4) is 0 Å². The van der Waals surface area contributed by atoms with Crippen molar-refractivity contribution in [1.82, 2.24) is 4.90 Å². The molecular weight excluding hydrogens is 354 g/mol. The van der Waals surface area contributed by atoms with Gasteiger partial charge in [-0.25, -0.2) is 4.90 Å². The molecule has 0 atom stereocenters. The standard InChI is InChI=1S/C22H23N3O3/c1-15(2)20(26)24-13-11-23(12-14-24)16-7-9-17(10-8-16)25-21(27)18-5-3-4-6-19(18)22(25)28/h3-10,15H,11-14H2,1-2H3. The molecule has 0 spiro atoms. The molecule has 0 aromatic heterocycles. The molecule has 0 N–H and O–H groups in total. The first-order chi connectivity index (χ1) is 13.5. The second-order valence-electron chi connectivity index (χ2n) is 7.47. The highest BCUT2D eigenvalue weighted by Gasteiger charge is 2.36. The lowest BCUT2D eigenvalue weighted by molar-refractivity contribution is -0.134. The highest BCUT2D eigenvalue weighted by molar-refractivity contribution is 6.34. The van der Waals surface area contributed by atoms with Gasteiger partial charge in [0, 0.05) is 37.8 Å². The summed E-state index contributed by atoms with van der Waals surface area (Å²) in [6.07, 6.45) is 0. The van der Waals surface area contributed by atoms with Gasteiger partial charge in [-0.1, -0.05) is 26.0 Å². The number of hydrogen-bond acceptors (Lipinski definition) is 4. The number of carbonyl (C=O) groups is 3. The summed E-state index contributed by atoms with van der Waals surface area (Å²) >= 11 is 0. The van der Waals surface area contributed by atoms with Gasteiger partial charge in [-0.3, -0.25) is 14.4 Å². The van der Waals surface area contributed by atoms with Gasteiger partial charge in [-0.15, -0.1) is 0 Å². The molecule has 0 saturated carbocycles. The van der Waals surface area contributed by atoms with Crippen LogP contribution in [0, 0.1) is 5.92 Å². The number of fused-ring (bicyclic) bond motifs is 1. The fraction of sp³-hybridized carbons (Fsp3) is 0.318. The normalized spacial score (nSPS) is 16.8. The lowest BCUT2D eigenvalue weighted by atomic mass is 10.1. The van der Waals surface area contributed by atoms with Gasteiger partial charge in [0.25, 0.3) is 11.8 Å². The summed E-state index contributed by atoms with van der Waals surface area (Å²) in [5, 5.41) is 0. The summed E-state index contributed by atoms with van der Waals surface area (Å²) < 4.78 is 0. The van der Waals surface area contributed by atoms with E-state index in [1.165, 1.54) is 4.90 Å². The molecule has 28 heavy (non-hydrogen) atoms. The minimum Gasteiger partial charge on any atom is -0.368 e. The first-order valence-corrected chi connectivity index (χ1v) is 9.59. The van der Waals surface area contributed by atoms with Gasteiger partial charge in [0.15, 0.2) is 0 Å². The molecule has 1 fully saturated rings. The Bertz CT molecular complexity index is 893. The minimum atomic E-state index is -0.283. The highest BCUT2D eigenvalue weighted by atomic mass is 16.2. The maximum Gasteiger partial charge on any atom is 0.266 e. The van der Waals surface area contributed by atoms with Crippen LogP contribution in [-0.2, 0) is 4.79 Å². The molecule has 2 heterocycles. The number of piperazine rings is 1. The quantitative estimate of drug-likeness (QED) is 0.772. The molecule has 0 radical (unpaired) electrons. The predicted octanol–water partition coefficient (Wildman–Crippen LogP) is 2.79. The zero-order valence-corrected chi connectivity index (χ0v) is 16.1. The Balaban J connectivity index is 1.47. The molecular formula is C22H23N3O3. The molecule has 0 aliphatic carbocycles. The Morgan fingerprint density at radius 1 is 0.786 bits per heavy atom. The SMILES string of the molecule is CC(C)C(=O)N1CCN(c2ccc(N3C(=O)c4ccccc4C3=O)cc2)CC1. The van der Waals surface area contributed by atoms with Crippen LogP contribution in [-0.4, -0.2) is 48.8 Å². The van der Waals surface area contributed by atoms with Crippen molar-refractivity contribution in [3.05, 3.63) is 59.7 Å². The van der Waals surface area contributed by atoms with E-state index in [1.807, 2.05) is 43.0 Å². The van der Waals surface area contributed by atoms with Crippen LogP contribution in [0.15, 0.2) is 48.5 Å². The average molecular weight is 377 g/mol. The van der Waals surface area contributed by atoms with E-state index in [2.05, 4.69) is 4.90 Å². The summed E-state index contributed by atoms with van der Waals surface area (Å²) in [6.45, 7) is 6.79. The molecule has 2 aliphatic heterocycles. The number of hydrogen-bond donors (Lipinski definition) is 0. The van der Waals surface area contributed by atoms with Gasteiger partial charge < -0.3 is 9.80 Å². The zero-order valence-electron chi connectivity index (χ0n) is 16.1. The number of nitrogens with zero attached hydrogens (tertiary/aromatic N) is 3. The number of rotatable bonds is 3.